The van der Waals surface area contributed by atoms with E-state index in [1.165, 1.54) is 19.3 Å². The fourth-order valence-corrected chi connectivity index (χ4v) is 4.69. The van der Waals surface area contributed by atoms with Crippen LogP contribution in [0.4, 0.5) is 4.79 Å². The van der Waals surface area contributed by atoms with Gasteiger partial charge >= 0.3 is 6.03 Å². The van der Waals surface area contributed by atoms with Gasteiger partial charge in [-0.2, -0.15) is 0 Å². The first-order chi connectivity index (χ1) is 8.34. The lowest BCUT2D eigenvalue weighted by molar-refractivity contribution is 0.217. The van der Waals surface area contributed by atoms with Crippen molar-refractivity contribution in [1.29, 1.82) is 0 Å². The molecule has 17 heavy (non-hydrogen) atoms. The topological polar surface area (TPSA) is 44.4 Å². The quantitative estimate of drug-likeness (QED) is 0.751. The van der Waals surface area contributed by atoms with Crippen LogP contribution in [0, 0.1) is 23.7 Å². The van der Waals surface area contributed by atoms with Gasteiger partial charge in [0.1, 0.15) is 0 Å². The van der Waals surface area contributed by atoms with Crippen molar-refractivity contribution in [2.75, 3.05) is 26.2 Å². The predicted octanol–water partition coefficient (Wildman–Crippen LogP) is 0.646. The average molecular weight is 235 g/mol. The van der Waals surface area contributed by atoms with Gasteiger partial charge in [-0.05, 0) is 42.9 Å². The molecule has 4 aliphatic rings. The molecule has 4 atom stereocenters. The Balaban J connectivity index is 1.24. The third-order valence-electron chi connectivity index (χ3n) is 5.44. The van der Waals surface area contributed by atoms with Crippen molar-refractivity contribution in [3.63, 3.8) is 0 Å². The lowest BCUT2D eigenvalue weighted by Gasteiger charge is -2.15. The normalized spacial score (nSPS) is 46.2. The van der Waals surface area contributed by atoms with Crippen LogP contribution >= 0.6 is 0 Å². The minimum Gasteiger partial charge on any atom is -0.336 e. The summed E-state index contributed by atoms with van der Waals surface area (Å²) in [5.41, 5.74) is 0. The van der Waals surface area contributed by atoms with E-state index < -0.39 is 0 Å². The smallest absolute Gasteiger partial charge is 0.317 e. The molecule has 1 aliphatic heterocycles. The van der Waals surface area contributed by atoms with Crippen molar-refractivity contribution in [3.8, 4) is 0 Å². The zero-order valence-electron chi connectivity index (χ0n) is 10.2. The Kier molecular flexibility index (Phi) is 2.16. The molecular weight excluding hydrogens is 214 g/mol. The molecule has 4 rings (SSSR count). The minimum atomic E-state index is 0.114. The van der Waals surface area contributed by atoms with Gasteiger partial charge in [-0.25, -0.2) is 4.79 Å². The Morgan fingerprint density at radius 2 is 2.06 bits per heavy atom. The highest BCUT2D eigenvalue weighted by molar-refractivity contribution is 5.76. The summed E-state index contributed by atoms with van der Waals surface area (Å²) in [6, 6.07) is 0.912. The maximum absolute atomic E-state index is 11.4. The molecule has 3 aliphatic carbocycles. The molecule has 4 unspecified atom stereocenters. The molecule has 4 fully saturated rings. The number of urea groups is 1. The van der Waals surface area contributed by atoms with Crippen molar-refractivity contribution in [2.24, 2.45) is 23.7 Å². The molecule has 4 nitrogen and oxygen atoms in total. The van der Waals surface area contributed by atoms with Crippen LogP contribution in [0.1, 0.15) is 19.3 Å². The van der Waals surface area contributed by atoms with Gasteiger partial charge in [-0.1, -0.05) is 0 Å². The van der Waals surface area contributed by atoms with Gasteiger partial charge in [0.05, 0.1) is 0 Å². The third kappa shape index (κ3) is 1.49. The second-order valence-corrected chi connectivity index (χ2v) is 6.19. The molecular formula is C13H21N3O. The molecule has 0 aromatic carbocycles. The van der Waals surface area contributed by atoms with Gasteiger partial charge in [0.25, 0.3) is 0 Å². The van der Waals surface area contributed by atoms with E-state index >= 15 is 0 Å². The highest BCUT2D eigenvalue weighted by Gasteiger charge is 2.64. The molecule has 0 radical (unpaired) electrons. The fraction of sp³-hybridized carbons (Fsp3) is 0.923. The standard InChI is InChI=1S/C13H21N3O/c17-13-15-4-6-16(13)5-3-14-12-10-8-1-2-9(7-8)11(10)12/h8-12,14H,1-7H2,(H,15,17). The van der Waals surface area contributed by atoms with Gasteiger partial charge in [0, 0.05) is 32.2 Å². The first-order valence-electron chi connectivity index (χ1n) is 7.11. The summed E-state index contributed by atoms with van der Waals surface area (Å²) < 4.78 is 0. The Morgan fingerprint density at radius 3 is 2.71 bits per heavy atom. The van der Waals surface area contributed by atoms with E-state index in [1.807, 2.05) is 4.90 Å². The zero-order valence-corrected chi connectivity index (χ0v) is 10.2. The number of hydrogen-bond donors (Lipinski definition) is 2. The molecule has 2 bridgehead atoms. The van der Waals surface area contributed by atoms with Crippen molar-refractivity contribution in [3.05, 3.63) is 0 Å². The zero-order chi connectivity index (χ0) is 11.4. The molecule has 1 heterocycles. The van der Waals surface area contributed by atoms with E-state index in [2.05, 4.69) is 10.6 Å². The number of fused-ring (bicyclic) bond motifs is 5. The Labute approximate surface area is 102 Å². The molecule has 2 amide bonds. The van der Waals surface area contributed by atoms with Gasteiger partial charge in [0.15, 0.2) is 0 Å². The van der Waals surface area contributed by atoms with Gasteiger partial charge in [0.2, 0.25) is 0 Å². The Hall–Kier alpha value is -0.770. The summed E-state index contributed by atoms with van der Waals surface area (Å²) in [4.78, 5) is 13.3. The molecule has 4 heteroatoms. The summed E-state index contributed by atoms with van der Waals surface area (Å²) in [5, 5.41) is 6.53. The number of carbonyl (C=O) groups is 1. The first-order valence-corrected chi connectivity index (χ1v) is 7.11. The number of nitrogens with zero attached hydrogens (tertiary/aromatic N) is 1. The highest BCUT2D eigenvalue weighted by Crippen LogP contribution is 2.65. The van der Waals surface area contributed by atoms with E-state index in [0.717, 1.165) is 55.9 Å². The Bertz CT molecular complexity index is 330. The van der Waals surface area contributed by atoms with Crippen LogP contribution in [0.2, 0.25) is 0 Å². The first kappa shape index (κ1) is 10.2. The maximum atomic E-state index is 11.4. The Morgan fingerprint density at radius 1 is 1.29 bits per heavy atom. The van der Waals surface area contributed by atoms with Crippen molar-refractivity contribution >= 4 is 6.03 Å². The maximum Gasteiger partial charge on any atom is 0.317 e. The van der Waals surface area contributed by atoms with Crippen LogP contribution in [0.3, 0.4) is 0 Å². The molecule has 1 saturated heterocycles. The molecule has 3 saturated carbocycles. The number of nitrogens with one attached hydrogen (secondary N) is 2. The van der Waals surface area contributed by atoms with E-state index in [9.17, 15) is 4.79 Å². The fourth-order valence-electron chi connectivity index (χ4n) is 4.69. The van der Waals surface area contributed by atoms with E-state index in [0.29, 0.717) is 0 Å². The molecule has 94 valence electrons. The summed E-state index contributed by atoms with van der Waals surface area (Å²) in [5.74, 6) is 4.08. The highest BCUT2D eigenvalue weighted by atomic mass is 16.2. The molecule has 0 spiro atoms. The van der Waals surface area contributed by atoms with Crippen LogP contribution in [0.15, 0.2) is 0 Å². The van der Waals surface area contributed by atoms with E-state index in [-0.39, 0.29) is 6.03 Å². The van der Waals surface area contributed by atoms with Crippen LogP contribution in [-0.4, -0.2) is 43.2 Å². The van der Waals surface area contributed by atoms with E-state index in [4.69, 9.17) is 0 Å². The molecule has 0 aromatic heterocycles. The number of carbonyl (C=O) groups excluding carboxylic acids is 1. The van der Waals surface area contributed by atoms with Crippen LogP contribution in [0.25, 0.3) is 0 Å². The van der Waals surface area contributed by atoms with Crippen molar-refractivity contribution in [2.45, 2.75) is 25.3 Å². The summed E-state index contributed by atoms with van der Waals surface area (Å²) >= 11 is 0. The summed E-state index contributed by atoms with van der Waals surface area (Å²) in [6.07, 6.45) is 4.49. The summed E-state index contributed by atoms with van der Waals surface area (Å²) in [6.45, 7) is 3.54. The van der Waals surface area contributed by atoms with Crippen LogP contribution < -0.4 is 10.6 Å². The van der Waals surface area contributed by atoms with Gasteiger partial charge < -0.3 is 15.5 Å². The SMILES string of the molecule is O=C1NCCN1CCNC1C2C3CCC(C3)C12. The van der Waals surface area contributed by atoms with Crippen LogP contribution in [-0.2, 0) is 0 Å². The van der Waals surface area contributed by atoms with Crippen LogP contribution in [0.5, 0.6) is 0 Å². The lowest BCUT2D eigenvalue weighted by atomic mass is 10.0. The summed E-state index contributed by atoms with van der Waals surface area (Å²) in [7, 11) is 0. The number of hydrogen-bond acceptors (Lipinski definition) is 2. The minimum absolute atomic E-state index is 0.114. The lowest BCUT2D eigenvalue weighted by Crippen LogP contribution is -2.36. The second kappa shape index (κ2) is 3.61. The second-order valence-electron chi connectivity index (χ2n) is 6.19. The largest absolute Gasteiger partial charge is 0.336 e. The average Bonchev–Trinajstić information content (AvgIpc) is 2.73. The van der Waals surface area contributed by atoms with Gasteiger partial charge in [-0.3, -0.25) is 0 Å². The van der Waals surface area contributed by atoms with Crippen molar-refractivity contribution in [1.82, 2.24) is 15.5 Å². The monoisotopic (exact) mass is 235 g/mol. The third-order valence-corrected chi connectivity index (χ3v) is 5.44. The van der Waals surface area contributed by atoms with Gasteiger partial charge in [-0.15, -0.1) is 0 Å². The number of amides is 2. The predicted molar refractivity (Wildman–Crippen MR) is 64.6 cm³/mol. The number of rotatable bonds is 4. The van der Waals surface area contributed by atoms with E-state index in [1.54, 1.807) is 0 Å². The van der Waals surface area contributed by atoms with Crippen molar-refractivity contribution < 1.29 is 4.79 Å². The molecule has 0 aromatic rings. The molecule has 2 N–H and O–H groups in total.